The van der Waals surface area contributed by atoms with Gasteiger partial charge in [0, 0.05) is 17.0 Å². The Kier molecular flexibility index (Phi) is 3.84. The summed E-state index contributed by atoms with van der Waals surface area (Å²) in [7, 11) is 1.81. The van der Waals surface area contributed by atoms with Crippen LogP contribution in [0.5, 0.6) is 0 Å². The van der Waals surface area contributed by atoms with Crippen LogP contribution in [-0.2, 0) is 4.79 Å². The molecule has 2 N–H and O–H groups in total. The first-order valence-electron chi connectivity index (χ1n) is 5.07. The highest BCUT2D eigenvalue weighted by Crippen LogP contribution is 2.26. The zero-order chi connectivity index (χ0) is 10.8. The number of nitrogens with one attached hydrogen (secondary N) is 2. The van der Waals surface area contributed by atoms with E-state index < -0.39 is 5.54 Å². The van der Waals surface area contributed by atoms with Gasteiger partial charge in [-0.15, -0.1) is 0 Å². The third-order valence-electron chi connectivity index (χ3n) is 2.73. The Labute approximate surface area is 90.4 Å². The standard InChI is InChI=1S/C10H20N2OS/c1-7-5-8(6-14-7)12-9(13)10(2,3)11-4/h7-8,11H,5-6H2,1-4H3,(H,12,13). The highest BCUT2D eigenvalue weighted by molar-refractivity contribution is 8.00. The summed E-state index contributed by atoms with van der Waals surface area (Å²) >= 11 is 1.93. The van der Waals surface area contributed by atoms with Crippen LogP contribution in [0, 0.1) is 0 Å². The van der Waals surface area contributed by atoms with Crippen molar-refractivity contribution < 1.29 is 4.79 Å². The average molecular weight is 216 g/mol. The molecule has 0 aromatic rings. The molecule has 3 nitrogen and oxygen atoms in total. The van der Waals surface area contributed by atoms with Crippen LogP contribution >= 0.6 is 11.8 Å². The molecule has 0 bridgehead atoms. The van der Waals surface area contributed by atoms with Crippen molar-refractivity contribution >= 4 is 17.7 Å². The van der Waals surface area contributed by atoms with Crippen molar-refractivity contribution in [3.8, 4) is 0 Å². The van der Waals surface area contributed by atoms with Gasteiger partial charge in [-0.3, -0.25) is 4.79 Å². The van der Waals surface area contributed by atoms with Crippen molar-refractivity contribution in [3.05, 3.63) is 0 Å². The summed E-state index contributed by atoms with van der Waals surface area (Å²) < 4.78 is 0. The molecule has 0 radical (unpaired) electrons. The van der Waals surface area contributed by atoms with Gasteiger partial charge < -0.3 is 10.6 Å². The molecule has 2 unspecified atom stereocenters. The Bertz CT molecular complexity index is 218. The lowest BCUT2D eigenvalue weighted by Crippen LogP contribution is -2.53. The summed E-state index contributed by atoms with van der Waals surface area (Å²) in [6, 6.07) is 0.357. The van der Waals surface area contributed by atoms with Crippen molar-refractivity contribution in [1.29, 1.82) is 0 Å². The topological polar surface area (TPSA) is 41.1 Å². The molecular weight excluding hydrogens is 196 g/mol. The molecule has 82 valence electrons. The van der Waals surface area contributed by atoms with Crippen molar-refractivity contribution in [2.24, 2.45) is 0 Å². The minimum Gasteiger partial charge on any atom is -0.351 e. The van der Waals surface area contributed by atoms with Gasteiger partial charge in [-0.2, -0.15) is 11.8 Å². The van der Waals surface area contributed by atoms with E-state index in [9.17, 15) is 4.79 Å². The van der Waals surface area contributed by atoms with Crippen LogP contribution in [0.2, 0.25) is 0 Å². The number of thioether (sulfide) groups is 1. The van der Waals surface area contributed by atoms with Crippen molar-refractivity contribution in [2.45, 2.75) is 44.0 Å². The van der Waals surface area contributed by atoms with E-state index in [0.29, 0.717) is 11.3 Å². The fourth-order valence-corrected chi connectivity index (χ4v) is 2.55. The number of hydrogen-bond donors (Lipinski definition) is 2. The lowest BCUT2D eigenvalue weighted by atomic mass is 10.0. The van der Waals surface area contributed by atoms with E-state index >= 15 is 0 Å². The van der Waals surface area contributed by atoms with Crippen LogP contribution < -0.4 is 10.6 Å². The third-order valence-corrected chi connectivity index (χ3v) is 4.08. The van der Waals surface area contributed by atoms with Gasteiger partial charge in [0.05, 0.1) is 5.54 Å². The van der Waals surface area contributed by atoms with E-state index in [1.54, 1.807) is 0 Å². The van der Waals surface area contributed by atoms with E-state index in [4.69, 9.17) is 0 Å². The van der Waals surface area contributed by atoms with Crippen LogP contribution in [0.15, 0.2) is 0 Å². The second-order valence-corrected chi connectivity index (χ2v) is 5.90. The number of rotatable bonds is 3. The summed E-state index contributed by atoms with van der Waals surface area (Å²) in [6.45, 7) is 6.00. The molecule has 14 heavy (non-hydrogen) atoms. The van der Waals surface area contributed by atoms with Gasteiger partial charge >= 0.3 is 0 Å². The van der Waals surface area contributed by atoms with Crippen molar-refractivity contribution in [1.82, 2.24) is 10.6 Å². The molecule has 1 rings (SSSR count). The highest BCUT2D eigenvalue weighted by atomic mass is 32.2. The summed E-state index contributed by atoms with van der Waals surface area (Å²) in [5.74, 6) is 1.15. The SMILES string of the molecule is CNC(C)(C)C(=O)NC1CSC(C)C1. The first-order chi connectivity index (χ1) is 6.45. The minimum absolute atomic E-state index is 0.0969. The highest BCUT2D eigenvalue weighted by Gasteiger charge is 2.30. The lowest BCUT2D eigenvalue weighted by molar-refractivity contribution is -0.126. The maximum Gasteiger partial charge on any atom is 0.239 e. The number of carbonyl (C=O) groups excluding carboxylic acids is 1. The molecule has 1 aliphatic rings. The van der Waals surface area contributed by atoms with Crippen molar-refractivity contribution in [3.63, 3.8) is 0 Å². The maximum atomic E-state index is 11.8. The first-order valence-corrected chi connectivity index (χ1v) is 6.12. The van der Waals surface area contributed by atoms with Gasteiger partial charge in [-0.25, -0.2) is 0 Å². The molecule has 0 spiro atoms. The molecule has 1 amide bonds. The lowest BCUT2D eigenvalue weighted by Gasteiger charge is -2.25. The summed E-state index contributed by atoms with van der Waals surface area (Å²) in [4.78, 5) is 11.8. The molecule has 1 aliphatic heterocycles. The minimum atomic E-state index is -0.462. The quantitative estimate of drug-likeness (QED) is 0.739. The first kappa shape index (κ1) is 11.9. The molecule has 1 heterocycles. The molecule has 1 saturated heterocycles. The van der Waals surface area contributed by atoms with Crippen LogP contribution in [0.4, 0.5) is 0 Å². The Balaban J connectivity index is 2.41. The molecule has 1 fully saturated rings. The van der Waals surface area contributed by atoms with Crippen LogP contribution in [0.1, 0.15) is 27.2 Å². The number of hydrogen-bond acceptors (Lipinski definition) is 3. The summed E-state index contributed by atoms with van der Waals surface area (Å²) in [5.41, 5.74) is -0.462. The van der Waals surface area contributed by atoms with E-state index in [0.717, 1.165) is 12.2 Å². The third kappa shape index (κ3) is 2.89. The zero-order valence-electron chi connectivity index (χ0n) is 9.39. The van der Waals surface area contributed by atoms with E-state index in [1.807, 2.05) is 32.7 Å². The van der Waals surface area contributed by atoms with Gasteiger partial charge in [0.15, 0.2) is 0 Å². The largest absolute Gasteiger partial charge is 0.351 e. The zero-order valence-corrected chi connectivity index (χ0v) is 10.2. The number of amides is 1. The van der Waals surface area contributed by atoms with E-state index in [2.05, 4.69) is 17.6 Å². The monoisotopic (exact) mass is 216 g/mol. The Morgan fingerprint density at radius 3 is 2.57 bits per heavy atom. The normalized spacial score (nSPS) is 27.7. The Morgan fingerprint density at radius 1 is 1.50 bits per heavy atom. The van der Waals surface area contributed by atoms with E-state index in [1.165, 1.54) is 0 Å². The van der Waals surface area contributed by atoms with Crippen LogP contribution in [0.25, 0.3) is 0 Å². The summed E-state index contributed by atoms with van der Waals surface area (Å²) in [5, 5.41) is 6.76. The maximum absolute atomic E-state index is 11.8. The molecule has 2 atom stereocenters. The molecular formula is C10H20N2OS. The fraction of sp³-hybridized carbons (Fsp3) is 0.900. The molecule has 0 aliphatic carbocycles. The molecule has 0 aromatic carbocycles. The Hall–Kier alpha value is -0.220. The second-order valence-electron chi connectivity index (χ2n) is 4.43. The second kappa shape index (κ2) is 4.53. The van der Waals surface area contributed by atoms with Crippen molar-refractivity contribution in [2.75, 3.05) is 12.8 Å². The number of carbonyl (C=O) groups is 1. The predicted octanol–water partition coefficient (Wildman–Crippen LogP) is 0.995. The Morgan fingerprint density at radius 2 is 2.14 bits per heavy atom. The fourth-order valence-electron chi connectivity index (χ4n) is 1.40. The van der Waals surface area contributed by atoms with Crippen LogP contribution in [0.3, 0.4) is 0 Å². The number of likely N-dealkylation sites (N-methyl/N-ethyl adjacent to an activating group) is 1. The van der Waals surface area contributed by atoms with Gasteiger partial charge in [0.1, 0.15) is 0 Å². The molecule has 4 heteroatoms. The van der Waals surface area contributed by atoms with Crippen LogP contribution in [-0.4, -0.2) is 35.5 Å². The smallest absolute Gasteiger partial charge is 0.239 e. The van der Waals surface area contributed by atoms with Gasteiger partial charge in [-0.05, 0) is 27.3 Å². The summed E-state index contributed by atoms with van der Waals surface area (Å²) in [6.07, 6.45) is 1.09. The predicted molar refractivity (Wildman–Crippen MR) is 61.6 cm³/mol. The molecule has 0 saturated carbocycles. The van der Waals surface area contributed by atoms with E-state index in [-0.39, 0.29) is 5.91 Å². The molecule has 0 aromatic heterocycles. The van der Waals surface area contributed by atoms with Gasteiger partial charge in [0.2, 0.25) is 5.91 Å². The van der Waals surface area contributed by atoms with Gasteiger partial charge in [-0.1, -0.05) is 6.92 Å². The average Bonchev–Trinajstić information content (AvgIpc) is 2.51. The van der Waals surface area contributed by atoms with Gasteiger partial charge in [0.25, 0.3) is 0 Å².